The van der Waals surface area contributed by atoms with Crippen LogP contribution in [0.1, 0.15) is 15.8 Å². The number of halogens is 2. The maximum absolute atomic E-state index is 6.36. The van der Waals surface area contributed by atoms with E-state index < -0.39 is 0 Å². The largest absolute Gasteiger partial charge is 0.497 e. The fourth-order valence-corrected chi connectivity index (χ4v) is 3.03. The Bertz CT molecular complexity index is 496. The molecule has 1 atom stereocenters. The zero-order valence-corrected chi connectivity index (χ0v) is 11.6. The normalized spacial score (nSPS) is 12.4. The van der Waals surface area contributed by atoms with E-state index in [2.05, 4.69) is 0 Å². The first-order valence-electron chi connectivity index (χ1n) is 5.21. The molecule has 0 amide bonds. The van der Waals surface area contributed by atoms with Crippen molar-refractivity contribution in [2.24, 2.45) is 0 Å². The second-order valence-corrected chi connectivity index (χ2v) is 5.94. The average molecular weight is 287 g/mol. The summed E-state index contributed by atoms with van der Waals surface area (Å²) in [5, 5.41) is -0.0420. The van der Waals surface area contributed by atoms with Crippen molar-refractivity contribution in [1.82, 2.24) is 0 Å². The van der Waals surface area contributed by atoms with Crippen LogP contribution in [-0.2, 0) is 6.42 Å². The molecule has 4 heteroatoms. The van der Waals surface area contributed by atoms with Gasteiger partial charge in [0.05, 0.1) is 16.8 Å². The summed E-state index contributed by atoms with van der Waals surface area (Å²) in [6.07, 6.45) is 0.773. The molecule has 17 heavy (non-hydrogen) atoms. The van der Waals surface area contributed by atoms with Crippen molar-refractivity contribution in [3.8, 4) is 5.75 Å². The second kappa shape index (κ2) is 5.76. The number of alkyl halides is 1. The van der Waals surface area contributed by atoms with E-state index in [-0.39, 0.29) is 5.38 Å². The Kier molecular flexibility index (Phi) is 4.32. The van der Waals surface area contributed by atoms with Gasteiger partial charge in [-0.15, -0.1) is 22.9 Å². The van der Waals surface area contributed by atoms with E-state index >= 15 is 0 Å². The van der Waals surface area contributed by atoms with Crippen molar-refractivity contribution in [3.05, 3.63) is 51.2 Å². The Morgan fingerprint density at radius 2 is 2.12 bits per heavy atom. The number of hydrogen-bond donors (Lipinski definition) is 0. The van der Waals surface area contributed by atoms with Gasteiger partial charge in [0, 0.05) is 4.88 Å². The highest BCUT2D eigenvalue weighted by atomic mass is 35.5. The average Bonchev–Trinajstić information content (AvgIpc) is 2.76. The minimum Gasteiger partial charge on any atom is -0.497 e. The number of benzene rings is 1. The Labute approximate surface area is 115 Å². The zero-order valence-electron chi connectivity index (χ0n) is 9.32. The van der Waals surface area contributed by atoms with E-state index in [4.69, 9.17) is 27.9 Å². The lowest BCUT2D eigenvalue weighted by Crippen LogP contribution is -1.94. The Balaban J connectivity index is 2.09. The molecule has 1 unspecified atom stereocenters. The van der Waals surface area contributed by atoms with Crippen LogP contribution >= 0.6 is 34.5 Å². The number of ether oxygens (including phenoxy) is 1. The van der Waals surface area contributed by atoms with E-state index in [0.717, 1.165) is 26.9 Å². The number of rotatable bonds is 4. The fraction of sp³-hybridized carbons (Fsp3) is 0.231. The third-order valence-electron chi connectivity index (χ3n) is 2.45. The summed E-state index contributed by atoms with van der Waals surface area (Å²) >= 11 is 13.8. The minimum absolute atomic E-state index is 0.0420. The van der Waals surface area contributed by atoms with Crippen LogP contribution < -0.4 is 4.74 Å². The highest BCUT2D eigenvalue weighted by Crippen LogP contribution is 2.33. The van der Waals surface area contributed by atoms with Crippen LogP contribution in [0, 0.1) is 0 Å². The topological polar surface area (TPSA) is 9.23 Å². The summed E-state index contributed by atoms with van der Waals surface area (Å²) in [6.45, 7) is 0. The van der Waals surface area contributed by atoms with Crippen LogP contribution in [0.25, 0.3) is 0 Å². The maximum Gasteiger partial charge on any atom is 0.119 e. The molecule has 0 aliphatic heterocycles. The first-order chi connectivity index (χ1) is 8.19. The van der Waals surface area contributed by atoms with E-state index in [0.29, 0.717) is 0 Å². The molecular formula is C13H12Cl2OS. The van der Waals surface area contributed by atoms with Crippen LogP contribution in [0.2, 0.25) is 4.34 Å². The van der Waals surface area contributed by atoms with E-state index in [1.54, 1.807) is 7.11 Å². The SMILES string of the molecule is COc1cccc(CC(Cl)c2ccc(Cl)s2)c1. The third kappa shape index (κ3) is 3.38. The zero-order chi connectivity index (χ0) is 12.3. The molecule has 90 valence electrons. The molecule has 0 N–H and O–H groups in total. The van der Waals surface area contributed by atoms with Gasteiger partial charge in [-0.05, 0) is 36.2 Å². The van der Waals surface area contributed by atoms with Crippen molar-refractivity contribution in [3.63, 3.8) is 0 Å². The highest BCUT2D eigenvalue weighted by molar-refractivity contribution is 7.16. The summed E-state index contributed by atoms with van der Waals surface area (Å²) in [5.41, 5.74) is 1.16. The molecule has 1 aromatic heterocycles. The lowest BCUT2D eigenvalue weighted by atomic mass is 10.1. The van der Waals surface area contributed by atoms with Gasteiger partial charge in [0.2, 0.25) is 0 Å². The van der Waals surface area contributed by atoms with Crippen LogP contribution in [0.4, 0.5) is 0 Å². The first kappa shape index (κ1) is 12.7. The number of hydrogen-bond acceptors (Lipinski definition) is 2. The van der Waals surface area contributed by atoms with Gasteiger partial charge in [-0.25, -0.2) is 0 Å². The lowest BCUT2D eigenvalue weighted by Gasteiger charge is -2.08. The Hall–Kier alpha value is -0.700. The molecule has 0 aliphatic carbocycles. The summed E-state index contributed by atoms with van der Waals surface area (Å²) in [4.78, 5) is 1.10. The van der Waals surface area contributed by atoms with Gasteiger partial charge in [0.15, 0.2) is 0 Å². The van der Waals surface area contributed by atoms with Gasteiger partial charge in [-0.1, -0.05) is 23.7 Å². The van der Waals surface area contributed by atoms with Crippen molar-refractivity contribution >= 4 is 34.5 Å². The molecule has 0 saturated heterocycles. The van der Waals surface area contributed by atoms with Crippen molar-refractivity contribution < 1.29 is 4.74 Å². The summed E-state index contributed by atoms with van der Waals surface area (Å²) < 4.78 is 5.96. The Morgan fingerprint density at radius 3 is 2.76 bits per heavy atom. The molecule has 0 aliphatic rings. The molecule has 0 spiro atoms. The fourth-order valence-electron chi connectivity index (χ4n) is 1.60. The predicted molar refractivity (Wildman–Crippen MR) is 74.6 cm³/mol. The second-order valence-electron chi connectivity index (χ2n) is 3.67. The lowest BCUT2D eigenvalue weighted by molar-refractivity contribution is 0.414. The predicted octanol–water partition coefficient (Wildman–Crippen LogP) is 4.93. The molecule has 2 aromatic rings. The van der Waals surface area contributed by atoms with Crippen molar-refractivity contribution in [2.45, 2.75) is 11.8 Å². The van der Waals surface area contributed by atoms with Crippen molar-refractivity contribution in [1.29, 1.82) is 0 Å². The van der Waals surface area contributed by atoms with Crippen LogP contribution in [0.15, 0.2) is 36.4 Å². The maximum atomic E-state index is 6.36. The Morgan fingerprint density at radius 1 is 1.29 bits per heavy atom. The molecule has 0 bridgehead atoms. The highest BCUT2D eigenvalue weighted by Gasteiger charge is 2.11. The molecule has 1 aromatic carbocycles. The summed E-state index contributed by atoms with van der Waals surface area (Å²) in [7, 11) is 1.66. The van der Waals surface area contributed by atoms with E-state index in [1.807, 2.05) is 36.4 Å². The smallest absolute Gasteiger partial charge is 0.119 e. The molecule has 0 radical (unpaired) electrons. The number of methoxy groups -OCH3 is 1. The van der Waals surface area contributed by atoms with Crippen molar-refractivity contribution in [2.75, 3.05) is 7.11 Å². The molecular weight excluding hydrogens is 275 g/mol. The molecule has 0 fully saturated rings. The van der Waals surface area contributed by atoms with Gasteiger partial charge in [-0.2, -0.15) is 0 Å². The van der Waals surface area contributed by atoms with E-state index in [9.17, 15) is 0 Å². The number of thiophene rings is 1. The van der Waals surface area contributed by atoms with Gasteiger partial charge in [0.1, 0.15) is 5.75 Å². The molecule has 0 saturated carbocycles. The van der Waals surface area contributed by atoms with E-state index in [1.165, 1.54) is 11.3 Å². The van der Waals surface area contributed by atoms with Crippen LogP contribution in [0.3, 0.4) is 0 Å². The summed E-state index contributed by atoms with van der Waals surface area (Å²) in [6, 6.07) is 11.8. The summed E-state index contributed by atoms with van der Waals surface area (Å²) in [5.74, 6) is 0.857. The third-order valence-corrected chi connectivity index (χ3v) is 4.32. The van der Waals surface area contributed by atoms with Gasteiger partial charge in [-0.3, -0.25) is 0 Å². The molecule has 2 rings (SSSR count). The van der Waals surface area contributed by atoms with Crippen LogP contribution in [0.5, 0.6) is 5.75 Å². The monoisotopic (exact) mass is 286 g/mol. The molecule has 1 heterocycles. The van der Waals surface area contributed by atoms with Gasteiger partial charge < -0.3 is 4.74 Å². The quantitative estimate of drug-likeness (QED) is 0.724. The standard InChI is InChI=1S/C13H12Cl2OS/c1-16-10-4-2-3-9(7-10)8-11(14)12-5-6-13(15)17-12/h2-7,11H,8H2,1H3. The van der Waals surface area contributed by atoms with Gasteiger partial charge >= 0.3 is 0 Å². The minimum atomic E-state index is -0.0420. The first-order valence-corrected chi connectivity index (χ1v) is 6.84. The van der Waals surface area contributed by atoms with Gasteiger partial charge in [0.25, 0.3) is 0 Å². The van der Waals surface area contributed by atoms with Crippen LogP contribution in [-0.4, -0.2) is 7.11 Å². The molecule has 1 nitrogen and oxygen atoms in total.